The first-order valence-electron chi connectivity index (χ1n) is 4.92. The number of rotatable bonds is 4. The molecule has 0 aliphatic carbocycles. The average Bonchev–Trinajstić information content (AvgIpc) is 2.90. The van der Waals surface area contributed by atoms with E-state index in [4.69, 9.17) is 0 Å². The van der Waals surface area contributed by atoms with E-state index >= 15 is 0 Å². The van der Waals surface area contributed by atoms with Gasteiger partial charge in [0.15, 0.2) is 0 Å². The molecule has 0 unspecified atom stereocenters. The van der Waals surface area contributed by atoms with E-state index in [-0.39, 0.29) is 18.1 Å². The van der Waals surface area contributed by atoms with Crippen LogP contribution in [-0.2, 0) is 6.54 Å². The van der Waals surface area contributed by atoms with E-state index in [1.165, 1.54) is 12.1 Å². The van der Waals surface area contributed by atoms with Crippen LogP contribution < -0.4 is 5.32 Å². The van der Waals surface area contributed by atoms with E-state index in [9.17, 15) is 14.9 Å². The average molecular weight is 248 g/mol. The van der Waals surface area contributed by atoms with Crippen LogP contribution in [0.1, 0.15) is 16.2 Å². The Morgan fingerprint density at radius 1 is 1.39 bits per heavy atom. The molecule has 0 aliphatic rings. The second kappa shape index (κ2) is 4.99. The zero-order valence-electron chi connectivity index (χ0n) is 9.03. The highest BCUT2D eigenvalue weighted by atomic mass is 16.6. The Balaban J connectivity index is 1.94. The Kier molecular flexibility index (Phi) is 3.23. The van der Waals surface area contributed by atoms with E-state index in [2.05, 4.69) is 25.9 Å². The van der Waals surface area contributed by atoms with Gasteiger partial charge in [-0.15, -0.1) is 10.2 Å². The molecular formula is C9H8N6O3. The number of carbonyl (C=O) groups is 1. The number of nitro groups is 1. The van der Waals surface area contributed by atoms with Crippen LogP contribution in [-0.4, -0.2) is 31.5 Å². The number of aromatic nitrogens is 4. The van der Waals surface area contributed by atoms with Gasteiger partial charge in [0.25, 0.3) is 17.4 Å². The summed E-state index contributed by atoms with van der Waals surface area (Å²) >= 11 is 0. The number of H-pyrrole nitrogens is 1. The summed E-state index contributed by atoms with van der Waals surface area (Å²) in [5.41, 5.74) is 0.737. The number of hydrogen-bond acceptors (Lipinski definition) is 6. The van der Waals surface area contributed by atoms with Gasteiger partial charge in [0.05, 0.1) is 4.92 Å². The van der Waals surface area contributed by atoms with Gasteiger partial charge < -0.3 is 5.32 Å². The van der Waals surface area contributed by atoms with Crippen molar-refractivity contribution >= 4 is 11.6 Å². The Labute approximate surface area is 100 Å². The van der Waals surface area contributed by atoms with Crippen LogP contribution in [0.5, 0.6) is 0 Å². The van der Waals surface area contributed by atoms with Gasteiger partial charge in [0.1, 0.15) is 0 Å². The summed E-state index contributed by atoms with van der Waals surface area (Å²) in [6.07, 6.45) is 0. The minimum atomic E-state index is -0.484. The smallest absolute Gasteiger partial charge is 0.293 e. The van der Waals surface area contributed by atoms with Gasteiger partial charge in [0, 0.05) is 18.7 Å². The highest BCUT2D eigenvalue weighted by Gasteiger charge is 2.10. The molecule has 2 aromatic rings. The lowest BCUT2D eigenvalue weighted by Crippen LogP contribution is -2.24. The highest BCUT2D eigenvalue weighted by Crippen LogP contribution is 2.11. The molecule has 0 fully saturated rings. The monoisotopic (exact) mass is 248 g/mol. The topological polar surface area (TPSA) is 127 Å². The fourth-order valence-electron chi connectivity index (χ4n) is 1.25. The van der Waals surface area contributed by atoms with Crippen molar-refractivity contribution in [2.75, 3.05) is 0 Å². The lowest BCUT2D eigenvalue weighted by atomic mass is 10.2. The summed E-state index contributed by atoms with van der Waals surface area (Å²) in [6, 6.07) is 5.87. The molecule has 0 saturated heterocycles. The van der Waals surface area contributed by atoms with Crippen LogP contribution in [0.4, 0.5) is 5.69 Å². The number of amides is 1. The van der Waals surface area contributed by atoms with Crippen molar-refractivity contribution in [1.29, 1.82) is 0 Å². The third kappa shape index (κ3) is 2.64. The van der Waals surface area contributed by atoms with E-state index < -0.39 is 10.8 Å². The fourth-order valence-corrected chi connectivity index (χ4v) is 1.25. The molecule has 18 heavy (non-hydrogen) atoms. The predicted octanol–water partition coefficient (Wildman–Crippen LogP) is 0.0379. The quantitative estimate of drug-likeness (QED) is 0.580. The van der Waals surface area contributed by atoms with Gasteiger partial charge in [-0.25, -0.2) is 0 Å². The van der Waals surface area contributed by atoms with Crippen molar-refractivity contribution in [2.24, 2.45) is 0 Å². The van der Waals surface area contributed by atoms with E-state index in [0.29, 0.717) is 0 Å². The number of tetrazole rings is 1. The number of nitro benzene ring substituents is 1. The lowest BCUT2D eigenvalue weighted by molar-refractivity contribution is -0.384. The van der Waals surface area contributed by atoms with Gasteiger partial charge in [0.2, 0.25) is 0 Å². The van der Waals surface area contributed by atoms with E-state index in [0.717, 1.165) is 5.56 Å². The van der Waals surface area contributed by atoms with E-state index in [1.807, 2.05) is 0 Å². The van der Waals surface area contributed by atoms with Crippen molar-refractivity contribution in [2.45, 2.75) is 6.54 Å². The molecule has 0 bridgehead atoms. The third-order valence-electron chi connectivity index (χ3n) is 2.15. The molecule has 0 radical (unpaired) electrons. The molecule has 2 rings (SSSR count). The zero-order valence-corrected chi connectivity index (χ0v) is 9.03. The summed E-state index contributed by atoms with van der Waals surface area (Å²) in [6.45, 7) is 0.228. The lowest BCUT2D eigenvalue weighted by Gasteiger charge is -2.02. The van der Waals surface area contributed by atoms with Crippen molar-refractivity contribution in [3.05, 3.63) is 45.8 Å². The third-order valence-corrected chi connectivity index (χ3v) is 2.15. The van der Waals surface area contributed by atoms with Crippen LogP contribution in [0.2, 0.25) is 0 Å². The summed E-state index contributed by atoms with van der Waals surface area (Å²) in [5.74, 6) is -0.529. The molecule has 9 heteroatoms. The Bertz CT molecular complexity index is 550. The van der Waals surface area contributed by atoms with Crippen LogP contribution in [0.15, 0.2) is 24.3 Å². The maximum atomic E-state index is 11.4. The molecule has 92 valence electrons. The Hall–Kier alpha value is -2.84. The van der Waals surface area contributed by atoms with Crippen LogP contribution in [0.25, 0.3) is 0 Å². The summed E-state index contributed by atoms with van der Waals surface area (Å²) in [4.78, 5) is 21.4. The molecule has 1 aromatic heterocycles. The van der Waals surface area contributed by atoms with Crippen molar-refractivity contribution in [3.8, 4) is 0 Å². The summed E-state index contributed by atoms with van der Waals surface area (Å²) in [7, 11) is 0. The van der Waals surface area contributed by atoms with Gasteiger partial charge in [-0.05, 0) is 10.8 Å². The second-order valence-corrected chi connectivity index (χ2v) is 3.34. The molecule has 2 N–H and O–H groups in total. The zero-order chi connectivity index (χ0) is 13.0. The second-order valence-electron chi connectivity index (χ2n) is 3.34. The number of benzene rings is 1. The number of nitrogens with one attached hydrogen (secondary N) is 2. The first-order chi connectivity index (χ1) is 8.66. The molecule has 0 atom stereocenters. The van der Waals surface area contributed by atoms with Crippen LogP contribution >= 0.6 is 0 Å². The fraction of sp³-hybridized carbons (Fsp3) is 0.111. The normalized spacial score (nSPS) is 10.0. The molecule has 9 nitrogen and oxygen atoms in total. The molecular weight excluding hydrogens is 240 g/mol. The Morgan fingerprint density at radius 2 is 2.11 bits per heavy atom. The number of non-ortho nitro benzene ring substituents is 1. The number of hydrogen-bond donors (Lipinski definition) is 2. The SMILES string of the molecule is O=C(NCc1ccc([N+](=O)[O-])cc1)c1nn[nH]n1. The first kappa shape index (κ1) is 11.6. The standard InChI is InChI=1S/C9H8N6O3/c16-9(8-11-13-14-12-8)10-5-6-1-3-7(4-2-6)15(17)18/h1-4H,5H2,(H,10,16)(H,11,12,13,14). The van der Waals surface area contributed by atoms with Crippen LogP contribution in [0, 0.1) is 10.1 Å². The number of nitrogens with zero attached hydrogens (tertiary/aromatic N) is 4. The highest BCUT2D eigenvalue weighted by molar-refractivity contribution is 5.89. The molecule has 0 spiro atoms. The summed E-state index contributed by atoms with van der Waals surface area (Å²) in [5, 5.41) is 25.5. The molecule has 0 aliphatic heterocycles. The van der Waals surface area contributed by atoms with Crippen molar-refractivity contribution < 1.29 is 9.72 Å². The minimum Gasteiger partial charge on any atom is -0.345 e. The Morgan fingerprint density at radius 3 is 2.67 bits per heavy atom. The van der Waals surface area contributed by atoms with Crippen LogP contribution in [0.3, 0.4) is 0 Å². The maximum absolute atomic E-state index is 11.4. The molecule has 1 amide bonds. The minimum absolute atomic E-state index is 0.00300. The van der Waals surface area contributed by atoms with Gasteiger partial charge in [-0.3, -0.25) is 14.9 Å². The molecule has 1 heterocycles. The maximum Gasteiger partial charge on any atom is 0.293 e. The van der Waals surface area contributed by atoms with Gasteiger partial charge in [-0.2, -0.15) is 5.21 Å². The van der Waals surface area contributed by atoms with Gasteiger partial charge >= 0.3 is 0 Å². The molecule has 1 aromatic carbocycles. The largest absolute Gasteiger partial charge is 0.345 e. The van der Waals surface area contributed by atoms with Crippen molar-refractivity contribution in [1.82, 2.24) is 25.9 Å². The number of aromatic amines is 1. The molecule has 0 saturated carbocycles. The summed E-state index contributed by atoms with van der Waals surface area (Å²) < 4.78 is 0. The number of carbonyl (C=O) groups excluding carboxylic acids is 1. The van der Waals surface area contributed by atoms with E-state index in [1.54, 1.807) is 12.1 Å². The van der Waals surface area contributed by atoms with Crippen molar-refractivity contribution in [3.63, 3.8) is 0 Å². The van der Waals surface area contributed by atoms with Gasteiger partial charge in [-0.1, -0.05) is 12.1 Å². The predicted molar refractivity (Wildman–Crippen MR) is 58.4 cm³/mol. The first-order valence-corrected chi connectivity index (χ1v) is 4.92.